The summed E-state index contributed by atoms with van der Waals surface area (Å²) in [6.45, 7) is 5.99. The molecule has 0 aliphatic carbocycles. The molecule has 0 atom stereocenters. The molecule has 3 heteroatoms. The zero-order chi connectivity index (χ0) is 12.5. The van der Waals surface area contributed by atoms with E-state index in [9.17, 15) is 4.79 Å². The van der Waals surface area contributed by atoms with Gasteiger partial charge in [0.25, 0.3) is 5.91 Å². The molecule has 1 aromatic heterocycles. The Morgan fingerprint density at radius 2 is 1.88 bits per heavy atom. The largest absolute Gasteiger partial charge is 0.459 e. The lowest BCUT2D eigenvalue weighted by Crippen LogP contribution is -2.32. The van der Waals surface area contributed by atoms with Crippen LogP contribution in [0.4, 0.5) is 0 Å². The SMILES string of the molecule is CCCCCN(CCCC)C(=O)c1ccco1. The fourth-order valence-electron chi connectivity index (χ4n) is 1.77. The molecule has 0 aromatic carbocycles. The fourth-order valence-corrected chi connectivity index (χ4v) is 1.77. The molecule has 96 valence electrons. The molecule has 0 saturated carbocycles. The molecule has 0 radical (unpaired) electrons. The van der Waals surface area contributed by atoms with Crippen molar-refractivity contribution in [2.45, 2.75) is 46.0 Å². The first-order chi connectivity index (χ1) is 8.29. The van der Waals surface area contributed by atoms with Crippen LogP contribution in [0.1, 0.15) is 56.5 Å². The van der Waals surface area contributed by atoms with E-state index in [0.29, 0.717) is 5.76 Å². The highest BCUT2D eigenvalue weighted by atomic mass is 16.3. The molecule has 0 bridgehead atoms. The first kappa shape index (κ1) is 13.8. The van der Waals surface area contributed by atoms with Crippen molar-refractivity contribution >= 4 is 5.91 Å². The second kappa shape index (κ2) is 7.93. The third-order valence-electron chi connectivity index (χ3n) is 2.83. The summed E-state index contributed by atoms with van der Waals surface area (Å²) >= 11 is 0. The van der Waals surface area contributed by atoms with Crippen molar-refractivity contribution in [3.05, 3.63) is 24.2 Å². The second-order valence-corrected chi connectivity index (χ2v) is 4.33. The Labute approximate surface area is 104 Å². The summed E-state index contributed by atoms with van der Waals surface area (Å²) in [4.78, 5) is 14.1. The third-order valence-corrected chi connectivity index (χ3v) is 2.83. The summed E-state index contributed by atoms with van der Waals surface area (Å²) in [6.07, 6.45) is 7.14. The van der Waals surface area contributed by atoms with E-state index in [1.54, 1.807) is 18.4 Å². The number of carbonyl (C=O) groups excluding carboxylic acids is 1. The fraction of sp³-hybridized carbons (Fsp3) is 0.643. The molecule has 0 N–H and O–H groups in total. The van der Waals surface area contributed by atoms with Crippen molar-refractivity contribution in [1.82, 2.24) is 4.90 Å². The maximum atomic E-state index is 12.1. The van der Waals surface area contributed by atoms with Gasteiger partial charge in [0.1, 0.15) is 0 Å². The lowest BCUT2D eigenvalue weighted by Gasteiger charge is -2.21. The molecule has 0 fully saturated rings. The van der Waals surface area contributed by atoms with Crippen molar-refractivity contribution < 1.29 is 9.21 Å². The lowest BCUT2D eigenvalue weighted by molar-refractivity contribution is 0.0718. The first-order valence-corrected chi connectivity index (χ1v) is 6.62. The number of nitrogens with zero attached hydrogens (tertiary/aromatic N) is 1. The molecule has 1 aromatic rings. The highest BCUT2D eigenvalue weighted by Gasteiger charge is 2.16. The van der Waals surface area contributed by atoms with E-state index < -0.39 is 0 Å². The van der Waals surface area contributed by atoms with Gasteiger partial charge in [-0.3, -0.25) is 4.79 Å². The van der Waals surface area contributed by atoms with Crippen molar-refractivity contribution in [1.29, 1.82) is 0 Å². The van der Waals surface area contributed by atoms with E-state index in [1.165, 1.54) is 12.8 Å². The normalized spacial score (nSPS) is 10.5. The lowest BCUT2D eigenvalue weighted by atomic mass is 10.2. The average molecular weight is 237 g/mol. The van der Waals surface area contributed by atoms with Crippen LogP contribution in [0, 0.1) is 0 Å². The van der Waals surface area contributed by atoms with Gasteiger partial charge in [-0.25, -0.2) is 0 Å². The van der Waals surface area contributed by atoms with Crippen LogP contribution in [0.3, 0.4) is 0 Å². The van der Waals surface area contributed by atoms with Gasteiger partial charge >= 0.3 is 0 Å². The zero-order valence-electron chi connectivity index (χ0n) is 10.9. The summed E-state index contributed by atoms with van der Waals surface area (Å²) in [6, 6.07) is 3.50. The zero-order valence-corrected chi connectivity index (χ0v) is 10.9. The van der Waals surface area contributed by atoms with E-state index in [-0.39, 0.29) is 5.91 Å². The third kappa shape index (κ3) is 4.63. The van der Waals surface area contributed by atoms with Gasteiger partial charge in [0, 0.05) is 13.1 Å². The van der Waals surface area contributed by atoms with Crippen molar-refractivity contribution in [3.8, 4) is 0 Å². The standard InChI is InChI=1S/C14H23NO2/c1-3-5-7-11-15(10-6-4-2)14(16)13-9-8-12-17-13/h8-9,12H,3-7,10-11H2,1-2H3. The van der Waals surface area contributed by atoms with Gasteiger partial charge in [0.05, 0.1) is 6.26 Å². The van der Waals surface area contributed by atoms with Crippen LogP contribution >= 0.6 is 0 Å². The van der Waals surface area contributed by atoms with Crippen molar-refractivity contribution in [2.24, 2.45) is 0 Å². The van der Waals surface area contributed by atoms with Gasteiger partial charge in [-0.05, 0) is 25.0 Å². The quantitative estimate of drug-likeness (QED) is 0.646. The second-order valence-electron chi connectivity index (χ2n) is 4.33. The maximum Gasteiger partial charge on any atom is 0.289 e. The van der Waals surface area contributed by atoms with Crippen molar-refractivity contribution in [3.63, 3.8) is 0 Å². The molecule has 1 amide bonds. The Morgan fingerprint density at radius 1 is 1.18 bits per heavy atom. The van der Waals surface area contributed by atoms with Gasteiger partial charge in [0.2, 0.25) is 0 Å². The Bertz CT molecular complexity index is 306. The Kier molecular flexibility index (Phi) is 6.45. The smallest absolute Gasteiger partial charge is 0.289 e. The number of hydrogen-bond donors (Lipinski definition) is 0. The molecule has 1 heterocycles. The van der Waals surface area contributed by atoms with Gasteiger partial charge in [0.15, 0.2) is 5.76 Å². The van der Waals surface area contributed by atoms with Gasteiger partial charge in [-0.15, -0.1) is 0 Å². The number of furan rings is 1. The minimum atomic E-state index is 0.0274. The van der Waals surface area contributed by atoms with Crippen LogP contribution in [0.2, 0.25) is 0 Å². The van der Waals surface area contributed by atoms with Crippen LogP contribution in [-0.4, -0.2) is 23.9 Å². The maximum absolute atomic E-state index is 12.1. The van der Waals surface area contributed by atoms with Gasteiger partial charge in [-0.2, -0.15) is 0 Å². The molecule has 0 spiro atoms. The number of carbonyl (C=O) groups is 1. The highest BCUT2D eigenvalue weighted by molar-refractivity contribution is 5.91. The Morgan fingerprint density at radius 3 is 2.47 bits per heavy atom. The van der Waals surface area contributed by atoms with Crippen LogP contribution in [0.15, 0.2) is 22.8 Å². The Balaban J connectivity index is 2.52. The van der Waals surface area contributed by atoms with E-state index in [0.717, 1.165) is 32.4 Å². The molecular weight excluding hydrogens is 214 g/mol. The molecule has 0 aliphatic rings. The van der Waals surface area contributed by atoms with Crippen LogP contribution in [0.25, 0.3) is 0 Å². The van der Waals surface area contributed by atoms with Crippen molar-refractivity contribution in [2.75, 3.05) is 13.1 Å². The molecule has 0 aliphatic heterocycles. The van der Waals surface area contributed by atoms with E-state index in [1.807, 2.05) is 4.90 Å². The predicted octanol–water partition coefficient (Wildman–Crippen LogP) is 3.71. The van der Waals surface area contributed by atoms with Gasteiger partial charge in [-0.1, -0.05) is 33.1 Å². The van der Waals surface area contributed by atoms with E-state index in [4.69, 9.17) is 4.42 Å². The number of amides is 1. The average Bonchev–Trinajstić information content (AvgIpc) is 2.86. The summed E-state index contributed by atoms with van der Waals surface area (Å²) in [5, 5.41) is 0. The van der Waals surface area contributed by atoms with Crippen LogP contribution in [0.5, 0.6) is 0 Å². The van der Waals surface area contributed by atoms with E-state index >= 15 is 0 Å². The van der Waals surface area contributed by atoms with Crippen LogP contribution < -0.4 is 0 Å². The predicted molar refractivity (Wildman–Crippen MR) is 69.0 cm³/mol. The minimum Gasteiger partial charge on any atom is -0.459 e. The minimum absolute atomic E-state index is 0.0274. The summed E-state index contributed by atoms with van der Waals surface area (Å²) in [7, 11) is 0. The molecular formula is C14H23NO2. The van der Waals surface area contributed by atoms with Crippen LogP contribution in [-0.2, 0) is 0 Å². The summed E-state index contributed by atoms with van der Waals surface area (Å²) < 4.78 is 5.17. The number of unbranched alkanes of at least 4 members (excludes halogenated alkanes) is 3. The molecule has 0 unspecified atom stereocenters. The molecule has 1 rings (SSSR count). The van der Waals surface area contributed by atoms with Gasteiger partial charge < -0.3 is 9.32 Å². The van der Waals surface area contributed by atoms with E-state index in [2.05, 4.69) is 13.8 Å². The molecule has 17 heavy (non-hydrogen) atoms. The molecule has 0 saturated heterocycles. The monoisotopic (exact) mass is 237 g/mol. The highest BCUT2D eigenvalue weighted by Crippen LogP contribution is 2.09. The molecule has 3 nitrogen and oxygen atoms in total. The summed E-state index contributed by atoms with van der Waals surface area (Å²) in [5.74, 6) is 0.483. The Hall–Kier alpha value is -1.25. The number of rotatable bonds is 8. The topological polar surface area (TPSA) is 33.5 Å². The number of hydrogen-bond acceptors (Lipinski definition) is 2. The first-order valence-electron chi connectivity index (χ1n) is 6.62. The summed E-state index contributed by atoms with van der Waals surface area (Å²) in [5.41, 5.74) is 0.